The van der Waals surface area contributed by atoms with Gasteiger partial charge >= 0.3 is 0 Å². The molecule has 208 valence electrons. The van der Waals surface area contributed by atoms with E-state index in [9.17, 15) is 22.6 Å². The van der Waals surface area contributed by atoms with Crippen LogP contribution in [0.2, 0.25) is 0 Å². The van der Waals surface area contributed by atoms with Gasteiger partial charge in [0.2, 0.25) is 0 Å². The van der Waals surface area contributed by atoms with Crippen molar-refractivity contribution in [3.8, 4) is 11.1 Å². The quantitative estimate of drug-likeness (QED) is 0.206. The van der Waals surface area contributed by atoms with Crippen molar-refractivity contribution in [1.82, 2.24) is 9.55 Å². The molecule has 1 unspecified atom stereocenters. The highest BCUT2D eigenvalue weighted by Gasteiger charge is 2.23. The van der Waals surface area contributed by atoms with Crippen molar-refractivity contribution in [3.63, 3.8) is 0 Å². The molecule has 0 aliphatic heterocycles. The lowest BCUT2D eigenvalue weighted by molar-refractivity contribution is -0.120. The molecular formula is C33H28F2N2O3S. The number of para-hydroxylation sites is 1. The molecule has 2 aromatic heterocycles. The molecule has 5 aromatic rings. The lowest BCUT2D eigenvalue weighted by Gasteiger charge is -2.20. The summed E-state index contributed by atoms with van der Waals surface area (Å²) in [6.07, 6.45) is 3.34. The SMILES string of the molecule is Cc1cc(=O)n(CC(=O)C[C@@H](Cc2cc(F)cc(F)c2)c2ncccc2-c2cccc(S(C)=O)c2)c2ccccc12. The Balaban J connectivity index is 1.55. The zero-order valence-electron chi connectivity index (χ0n) is 22.6. The minimum Gasteiger partial charge on any atom is -0.301 e. The van der Waals surface area contributed by atoms with Gasteiger partial charge in [-0.25, -0.2) is 8.78 Å². The molecule has 0 fully saturated rings. The average Bonchev–Trinajstić information content (AvgIpc) is 2.94. The number of aromatic nitrogens is 2. The first kappa shape index (κ1) is 28.2. The molecule has 0 aliphatic carbocycles. The van der Waals surface area contributed by atoms with Gasteiger partial charge < -0.3 is 4.57 Å². The second-order valence-electron chi connectivity index (χ2n) is 10.1. The Labute approximate surface area is 239 Å². The van der Waals surface area contributed by atoms with E-state index in [4.69, 9.17) is 0 Å². The van der Waals surface area contributed by atoms with E-state index in [-0.39, 0.29) is 30.7 Å². The molecule has 5 rings (SSSR count). The standard InChI is InChI=1S/C33H28F2N2O3S/c1-21-13-32(39)37(31-11-4-3-9-29(21)31)20-27(38)17-24(14-22-15-25(34)19-26(35)16-22)33-30(10-6-12-36-33)23-7-5-8-28(18-23)41(2)40/h3-13,15-16,18-19,24H,14,17,20H2,1-2H3/t24-,41?/m1/s1. The minimum atomic E-state index is -1.20. The van der Waals surface area contributed by atoms with Gasteiger partial charge in [-0.05, 0) is 66.4 Å². The monoisotopic (exact) mass is 570 g/mol. The maximum absolute atomic E-state index is 14.1. The Morgan fingerprint density at radius 1 is 0.951 bits per heavy atom. The smallest absolute Gasteiger partial charge is 0.251 e. The summed E-state index contributed by atoms with van der Waals surface area (Å²) in [5.74, 6) is -2.18. The fourth-order valence-electron chi connectivity index (χ4n) is 5.29. The number of Topliss-reactive ketones (excluding diaryl/α,β-unsaturated/α-hetero) is 1. The number of nitrogens with zero attached hydrogens (tertiary/aromatic N) is 2. The van der Waals surface area contributed by atoms with E-state index in [0.717, 1.165) is 28.1 Å². The van der Waals surface area contributed by atoms with Crippen LogP contribution in [0.4, 0.5) is 8.78 Å². The van der Waals surface area contributed by atoms with Crippen LogP contribution in [-0.4, -0.2) is 25.8 Å². The van der Waals surface area contributed by atoms with Crippen LogP contribution in [0.25, 0.3) is 22.0 Å². The number of rotatable bonds is 9. The Kier molecular flexibility index (Phi) is 8.31. The number of hydrogen-bond donors (Lipinski definition) is 0. The molecule has 0 N–H and O–H groups in total. The van der Waals surface area contributed by atoms with Gasteiger partial charge in [-0.1, -0.05) is 36.4 Å². The Hall–Kier alpha value is -4.30. The van der Waals surface area contributed by atoms with E-state index in [0.29, 0.717) is 21.7 Å². The summed E-state index contributed by atoms with van der Waals surface area (Å²) in [5.41, 5.74) is 3.67. The number of hydrogen-bond acceptors (Lipinski definition) is 4. The van der Waals surface area contributed by atoms with Crippen molar-refractivity contribution in [2.45, 2.75) is 37.1 Å². The number of carbonyl (C=O) groups is 1. The highest BCUT2D eigenvalue weighted by Crippen LogP contribution is 2.33. The number of pyridine rings is 2. The molecule has 2 atom stereocenters. The normalized spacial score (nSPS) is 12.8. The van der Waals surface area contributed by atoms with Crippen LogP contribution in [0.1, 0.15) is 29.2 Å². The molecule has 0 amide bonds. The molecule has 0 saturated heterocycles. The third-order valence-corrected chi connectivity index (χ3v) is 8.06. The predicted octanol–water partition coefficient (Wildman–Crippen LogP) is 6.37. The van der Waals surface area contributed by atoms with Gasteiger partial charge in [0.1, 0.15) is 11.6 Å². The van der Waals surface area contributed by atoms with E-state index in [1.165, 1.54) is 22.8 Å². The van der Waals surface area contributed by atoms with Gasteiger partial charge in [-0.3, -0.25) is 18.8 Å². The predicted molar refractivity (Wildman–Crippen MR) is 157 cm³/mol. The van der Waals surface area contributed by atoms with Crippen molar-refractivity contribution in [2.24, 2.45) is 0 Å². The highest BCUT2D eigenvalue weighted by atomic mass is 32.2. The van der Waals surface area contributed by atoms with Crippen molar-refractivity contribution >= 4 is 27.5 Å². The molecule has 0 aliphatic rings. The number of aryl methyl sites for hydroxylation is 1. The first-order chi connectivity index (χ1) is 19.7. The number of halogens is 2. The van der Waals surface area contributed by atoms with Crippen LogP contribution in [0.3, 0.4) is 0 Å². The van der Waals surface area contributed by atoms with Crippen molar-refractivity contribution in [3.05, 3.63) is 130 Å². The summed E-state index contributed by atoms with van der Waals surface area (Å²) in [7, 11) is -1.20. The van der Waals surface area contributed by atoms with Gasteiger partial charge in [0.05, 0.1) is 17.8 Å². The number of benzene rings is 3. The van der Waals surface area contributed by atoms with Gasteiger partial charge in [-0.15, -0.1) is 0 Å². The average molecular weight is 571 g/mol. The Bertz CT molecular complexity index is 1830. The fourth-order valence-corrected chi connectivity index (χ4v) is 5.85. The molecule has 0 saturated carbocycles. The second kappa shape index (κ2) is 12.1. The first-order valence-electron chi connectivity index (χ1n) is 13.1. The largest absolute Gasteiger partial charge is 0.301 e. The minimum absolute atomic E-state index is 0.0177. The van der Waals surface area contributed by atoms with E-state index in [1.54, 1.807) is 30.7 Å². The lowest BCUT2D eigenvalue weighted by Crippen LogP contribution is -2.26. The Morgan fingerprint density at radius 2 is 1.71 bits per heavy atom. The van der Waals surface area contributed by atoms with E-state index >= 15 is 0 Å². The van der Waals surface area contributed by atoms with E-state index in [2.05, 4.69) is 4.98 Å². The molecule has 2 heterocycles. The lowest BCUT2D eigenvalue weighted by atomic mass is 9.87. The maximum Gasteiger partial charge on any atom is 0.251 e. The van der Waals surface area contributed by atoms with Crippen LogP contribution in [0.15, 0.2) is 101 Å². The molecule has 5 nitrogen and oxygen atoms in total. The number of fused-ring (bicyclic) bond motifs is 1. The van der Waals surface area contributed by atoms with Crippen LogP contribution in [0.5, 0.6) is 0 Å². The highest BCUT2D eigenvalue weighted by molar-refractivity contribution is 7.84. The maximum atomic E-state index is 14.1. The van der Waals surface area contributed by atoms with E-state index < -0.39 is 28.4 Å². The van der Waals surface area contributed by atoms with Crippen LogP contribution in [-0.2, 0) is 28.6 Å². The molecule has 8 heteroatoms. The van der Waals surface area contributed by atoms with Crippen molar-refractivity contribution in [2.75, 3.05) is 6.26 Å². The van der Waals surface area contributed by atoms with Crippen molar-refractivity contribution in [1.29, 1.82) is 0 Å². The first-order valence-corrected chi connectivity index (χ1v) is 14.7. The summed E-state index contributed by atoms with van der Waals surface area (Å²) in [6, 6.07) is 23.1. The molecular weight excluding hydrogens is 542 g/mol. The Morgan fingerprint density at radius 3 is 2.46 bits per heavy atom. The molecule has 0 spiro atoms. The summed E-state index contributed by atoms with van der Waals surface area (Å²) < 4.78 is 41.9. The van der Waals surface area contributed by atoms with Crippen LogP contribution >= 0.6 is 0 Å². The fraction of sp³-hybridized carbons (Fsp3) is 0.182. The topological polar surface area (TPSA) is 69.0 Å². The van der Waals surface area contributed by atoms with Gasteiger partial charge in [0.15, 0.2) is 5.78 Å². The molecule has 3 aromatic carbocycles. The van der Waals surface area contributed by atoms with Gasteiger partial charge in [0, 0.05) is 63.6 Å². The zero-order chi connectivity index (χ0) is 29.1. The van der Waals surface area contributed by atoms with Crippen molar-refractivity contribution < 1.29 is 17.8 Å². The summed E-state index contributed by atoms with van der Waals surface area (Å²) in [6.45, 7) is 1.70. The molecule has 0 radical (unpaired) electrons. The zero-order valence-corrected chi connectivity index (χ0v) is 23.5. The number of ketones is 1. The van der Waals surface area contributed by atoms with Crippen LogP contribution in [0, 0.1) is 18.6 Å². The van der Waals surface area contributed by atoms with Gasteiger partial charge in [0.25, 0.3) is 5.56 Å². The second-order valence-corrected chi connectivity index (χ2v) is 11.5. The molecule has 41 heavy (non-hydrogen) atoms. The third-order valence-electron chi connectivity index (χ3n) is 7.14. The summed E-state index contributed by atoms with van der Waals surface area (Å²) >= 11 is 0. The van der Waals surface area contributed by atoms with Gasteiger partial charge in [-0.2, -0.15) is 0 Å². The third kappa shape index (κ3) is 6.38. The van der Waals surface area contributed by atoms with Crippen LogP contribution < -0.4 is 5.56 Å². The molecule has 0 bridgehead atoms. The summed E-state index contributed by atoms with van der Waals surface area (Å²) in [5, 5.41) is 0.881. The van der Waals surface area contributed by atoms with E-state index in [1.807, 2.05) is 49.4 Å². The number of carbonyl (C=O) groups excluding carboxylic acids is 1. The summed E-state index contributed by atoms with van der Waals surface area (Å²) in [4.78, 5) is 31.8.